The molecule has 0 unspecified atom stereocenters. The van der Waals surface area contributed by atoms with E-state index in [2.05, 4.69) is 0 Å². The highest BCUT2D eigenvalue weighted by Gasteiger charge is 2.34. The van der Waals surface area contributed by atoms with Crippen molar-refractivity contribution in [3.63, 3.8) is 0 Å². The largest absolute Gasteiger partial charge is 0.504 e. The van der Waals surface area contributed by atoms with Crippen LogP contribution in [0.5, 0.6) is 11.5 Å². The average Bonchev–Trinajstić information content (AvgIpc) is 2.73. The van der Waals surface area contributed by atoms with Crippen LogP contribution in [0.15, 0.2) is 18.2 Å². The lowest BCUT2D eigenvalue weighted by Gasteiger charge is -2.16. The summed E-state index contributed by atoms with van der Waals surface area (Å²) in [5, 5.41) is 18.4. The summed E-state index contributed by atoms with van der Waals surface area (Å²) in [6, 6.07) is 4.80. The molecule has 1 aliphatic rings. The number of aromatic hydroxyl groups is 1. The predicted octanol–water partition coefficient (Wildman–Crippen LogP) is 0.834. The van der Waals surface area contributed by atoms with Crippen molar-refractivity contribution in [2.45, 2.75) is 13.0 Å². The van der Waals surface area contributed by atoms with Crippen molar-refractivity contribution in [1.29, 1.82) is 0 Å². The Hall–Kier alpha value is -2.24. The number of amides is 1. The van der Waals surface area contributed by atoms with E-state index < -0.39 is 11.9 Å². The van der Waals surface area contributed by atoms with Gasteiger partial charge in [-0.1, -0.05) is 6.07 Å². The number of methoxy groups -OCH3 is 1. The maximum Gasteiger partial charge on any atom is 0.308 e. The zero-order valence-electron chi connectivity index (χ0n) is 10.5. The molecule has 0 spiro atoms. The van der Waals surface area contributed by atoms with Crippen LogP contribution in [0.1, 0.15) is 12.0 Å². The monoisotopic (exact) mass is 265 g/mol. The Morgan fingerprint density at radius 2 is 2.26 bits per heavy atom. The zero-order chi connectivity index (χ0) is 14.0. The third-order valence-electron chi connectivity index (χ3n) is 3.18. The number of hydrogen-bond acceptors (Lipinski definition) is 4. The molecule has 6 heteroatoms. The standard InChI is InChI=1S/C13H15NO5/c1-19-11-4-8(2-3-10(11)15)6-14-7-9(13(17)18)5-12(14)16/h2-4,9,15H,5-7H2,1H3,(H,17,18)/t9-/m0/s1. The van der Waals surface area contributed by atoms with Gasteiger partial charge < -0.3 is 19.8 Å². The molecule has 2 N–H and O–H groups in total. The van der Waals surface area contributed by atoms with Gasteiger partial charge in [0.25, 0.3) is 0 Å². The summed E-state index contributed by atoms with van der Waals surface area (Å²) < 4.78 is 4.99. The number of benzene rings is 1. The first kappa shape index (κ1) is 13.2. The first-order chi connectivity index (χ1) is 9.01. The molecule has 2 rings (SSSR count). The Morgan fingerprint density at radius 3 is 2.84 bits per heavy atom. The van der Waals surface area contributed by atoms with Crippen molar-refractivity contribution < 1.29 is 24.5 Å². The number of carbonyl (C=O) groups excluding carboxylic acids is 1. The van der Waals surface area contributed by atoms with Gasteiger partial charge in [0, 0.05) is 19.5 Å². The van der Waals surface area contributed by atoms with Gasteiger partial charge in [-0.3, -0.25) is 9.59 Å². The van der Waals surface area contributed by atoms with E-state index in [9.17, 15) is 14.7 Å². The lowest BCUT2D eigenvalue weighted by Crippen LogP contribution is -2.25. The van der Waals surface area contributed by atoms with Gasteiger partial charge in [0.05, 0.1) is 13.0 Å². The predicted molar refractivity (Wildman–Crippen MR) is 65.8 cm³/mol. The fraction of sp³-hybridized carbons (Fsp3) is 0.385. The SMILES string of the molecule is COc1cc(CN2C[C@@H](C(=O)O)CC2=O)ccc1O. The van der Waals surface area contributed by atoms with E-state index >= 15 is 0 Å². The highest BCUT2D eigenvalue weighted by molar-refractivity contribution is 5.86. The first-order valence-corrected chi connectivity index (χ1v) is 5.87. The minimum atomic E-state index is -0.945. The van der Waals surface area contributed by atoms with Gasteiger partial charge in [-0.15, -0.1) is 0 Å². The zero-order valence-corrected chi connectivity index (χ0v) is 10.5. The summed E-state index contributed by atoms with van der Waals surface area (Å²) in [5.41, 5.74) is 0.786. The van der Waals surface area contributed by atoms with Crippen LogP contribution in [-0.4, -0.2) is 40.6 Å². The van der Waals surface area contributed by atoms with E-state index in [-0.39, 0.29) is 24.6 Å². The molecule has 0 radical (unpaired) electrons. The van der Waals surface area contributed by atoms with E-state index in [1.54, 1.807) is 12.1 Å². The van der Waals surface area contributed by atoms with Crippen LogP contribution >= 0.6 is 0 Å². The first-order valence-electron chi connectivity index (χ1n) is 5.87. The van der Waals surface area contributed by atoms with Crippen LogP contribution in [0.4, 0.5) is 0 Å². The molecule has 1 amide bonds. The van der Waals surface area contributed by atoms with Gasteiger partial charge in [-0.25, -0.2) is 0 Å². The van der Waals surface area contributed by atoms with Crippen LogP contribution in [0.3, 0.4) is 0 Å². The number of hydrogen-bond donors (Lipinski definition) is 2. The molecule has 0 bridgehead atoms. The fourth-order valence-electron chi connectivity index (χ4n) is 2.13. The van der Waals surface area contributed by atoms with Crippen molar-refractivity contribution >= 4 is 11.9 Å². The summed E-state index contributed by atoms with van der Waals surface area (Å²) in [6.45, 7) is 0.538. The molecule has 1 atom stereocenters. The van der Waals surface area contributed by atoms with Crippen LogP contribution in [0, 0.1) is 5.92 Å². The Balaban J connectivity index is 2.09. The number of phenolic OH excluding ortho intramolecular Hbond substituents is 1. The van der Waals surface area contributed by atoms with E-state index in [0.717, 1.165) is 5.56 Å². The van der Waals surface area contributed by atoms with Gasteiger partial charge in [0.2, 0.25) is 5.91 Å². The number of likely N-dealkylation sites (tertiary alicyclic amines) is 1. The minimum Gasteiger partial charge on any atom is -0.504 e. The van der Waals surface area contributed by atoms with Crippen molar-refractivity contribution in [1.82, 2.24) is 4.90 Å². The normalized spacial score (nSPS) is 18.7. The van der Waals surface area contributed by atoms with E-state index in [1.807, 2.05) is 0 Å². The molecule has 1 heterocycles. The fourth-order valence-corrected chi connectivity index (χ4v) is 2.13. The number of rotatable bonds is 4. The molecule has 1 aromatic carbocycles. The van der Waals surface area contributed by atoms with Crippen molar-refractivity contribution in [2.75, 3.05) is 13.7 Å². The van der Waals surface area contributed by atoms with Gasteiger partial charge in [0.15, 0.2) is 11.5 Å². The van der Waals surface area contributed by atoms with Crippen LogP contribution in [0.2, 0.25) is 0 Å². The summed E-state index contributed by atoms with van der Waals surface area (Å²) in [4.78, 5) is 24.1. The molecule has 102 valence electrons. The maximum absolute atomic E-state index is 11.7. The average molecular weight is 265 g/mol. The van der Waals surface area contributed by atoms with Crippen molar-refractivity contribution in [3.05, 3.63) is 23.8 Å². The summed E-state index contributed by atoms with van der Waals surface area (Å²) in [6.07, 6.45) is 0.0462. The van der Waals surface area contributed by atoms with E-state index in [4.69, 9.17) is 9.84 Å². The quantitative estimate of drug-likeness (QED) is 0.842. The van der Waals surface area contributed by atoms with Gasteiger partial charge in [0.1, 0.15) is 0 Å². The van der Waals surface area contributed by atoms with Crippen LogP contribution < -0.4 is 4.74 Å². The Kier molecular flexibility index (Phi) is 3.59. The lowest BCUT2D eigenvalue weighted by molar-refractivity contribution is -0.141. The lowest BCUT2D eigenvalue weighted by atomic mass is 10.1. The molecule has 0 saturated carbocycles. The smallest absolute Gasteiger partial charge is 0.308 e. The molecule has 1 aromatic rings. The molecule has 0 aliphatic carbocycles. The van der Waals surface area contributed by atoms with Gasteiger partial charge in [-0.2, -0.15) is 0 Å². The molecule has 1 aliphatic heterocycles. The molecule has 19 heavy (non-hydrogen) atoms. The third kappa shape index (κ3) is 2.78. The third-order valence-corrected chi connectivity index (χ3v) is 3.18. The molecule has 0 aromatic heterocycles. The number of nitrogens with zero attached hydrogens (tertiary/aromatic N) is 1. The molecular formula is C13H15NO5. The second-order valence-corrected chi connectivity index (χ2v) is 4.52. The van der Waals surface area contributed by atoms with Gasteiger partial charge >= 0.3 is 5.97 Å². The number of carboxylic acids is 1. The summed E-state index contributed by atoms with van der Waals surface area (Å²) in [5.74, 6) is -1.38. The number of carbonyl (C=O) groups is 2. The van der Waals surface area contributed by atoms with Crippen molar-refractivity contribution in [3.8, 4) is 11.5 Å². The topological polar surface area (TPSA) is 87.1 Å². The van der Waals surface area contributed by atoms with Crippen molar-refractivity contribution in [2.24, 2.45) is 5.92 Å². The maximum atomic E-state index is 11.7. The Bertz CT molecular complexity index is 514. The van der Waals surface area contributed by atoms with Crippen LogP contribution in [0.25, 0.3) is 0 Å². The minimum absolute atomic E-state index is 0.0300. The summed E-state index contributed by atoms with van der Waals surface area (Å²) >= 11 is 0. The molecule has 6 nitrogen and oxygen atoms in total. The number of ether oxygens (including phenoxy) is 1. The van der Waals surface area contributed by atoms with E-state index in [1.165, 1.54) is 18.1 Å². The van der Waals surface area contributed by atoms with Gasteiger partial charge in [-0.05, 0) is 17.7 Å². The summed E-state index contributed by atoms with van der Waals surface area (Å²) in [7, 11) is 1.44. The number of phenols is 1. The number of carboxylic acid groups (broad SMARTS) is 1. The second kappa shape index (κ2) is 5.17. The molecular weight excluding hydrogens is 250 g/mol. The Morgan fingerprint density at radius 1 is 1.53 bits per heavy atom. The second-order valence-electron chi connectivity index (χ2n) is 4.52. The van der Waals surface area contributed by atoms with E-state index in [0.29, 0.717) is 12.3 Å². The molecule has 1 saturated heterocycles. The number of aliphatic carboxylic acids is 1. The highest BCUT2D eigenvalue weighted by Crippen LogP contribution is 2.28. The highest BCUT2D eigenvalue weighted by atomic mass is 16.5. The Labute approximate surface area is 110 Å². The van der Waals surface area contributed by atoms with Crippen LogP contribution in [-0.2, 0) is 16.1 Å². The molecule has 1 fully saturated rings.